The van der Waals surface area contributed by atoms with Gasteiger partial charge in [-0.2, -0.15) is 0 Å². The van der Waals surface area contributed by atoms with Gasteiger partial charge in [0.15, 0.2) is 5.96 Å². The molecular weight excluding hydrogens is 427 g/mol. The number of nitrogens with two attached hydrogens (primary N) is 2. The molecule has 0 saturated heterocycles. The third-order valence-corrected chi connectivity index (χ3v) is 4.57. The van der Waals surface area contributed by atoms with Gasteiger partial charge in [-0.25, -0.2) is 0 Å². The Morgan fingerprint density at radius 1 is 1.36 bits per heavy atom. The highest BCUT2D eigenvalue weighted by Gasteiger charge is 2.32. The van der Waals surface area contributed by atoms with Crippen LogP contribution in [0.5, 0.6) is 0 Å². The van der Waals surface area contributed by atoms with E-state index in [1.165, 1.54) is 5.70 Å². The molecule has 0 radical (unpaired) electrons. The average molecular weight is 462 g/mol. The van der Waals surface area contributed by atoms with Crippen LogP contribution in [0.3, 0.4) is 0 Å². The summed E-state index contributed by atoms with van der Waals surface area (Å²) in [5.41, 5.74) is 13.2. The molecule has 0 aromatic heterocycles. The van der Waals surface area contributed by atoms with E-state index in [1.807, 2.05) is 13.1 Å². The molecule has 7 heteroatoms. The third-order valence-electron chi connectivity index (χ3n) is 4.18. The molecule has 6 nitrogen and oxygen atoms in total. The second kappa shape index (κ2) is 9.78. The minimum atomic E-state index is -0.404. The van der Waals surface area contributed by atoms with E-state index in [1.54, 1.807) is 0 Å². The van der Waals surface area contributed by atoms with Gasteiger partial charge >= 0.3 is 0 Å². The van der Waals surface area contributed by atoms with Gasteiger partial charge in [0.2, 0.25) is 0 Å². The minimum Gasteiger partial charge on any atom is -0.377 e. The van der Waals surface area contributed by atoms with Crippen molar-refractivity contribution < 1.29 is 0 Å². The van der Waals surface area contributed by atoms with E-state index in [-0.39, 0.29) is 12.1 Å². The topological polar surface area (TPSA) is 91.7 Å². The molecule has 1 aliphatic rings. The second-order valence-electron chi connectivity index (χ2n) is 7.49. The van der Waals surface area contributed by atoms with Gasteiger partial charge in [-0.3, -0.25) is 4.99 Å². The summed E-state index contributed by atoms with van der Waals surface area (Å²) < 4.78 is 0.574. The largest absolute Gasteiger partial charge is 0.377 e. The maximum atomic E-state index is 6.58. The van der Waals surface area contributed by atoms with Crippen molar-refractivity contribution in [1.29, 1.82) is 0 Å². The van der Waals surface area contributed by atoms with Crippen LogP contribution in [0.4, 0.5) is 0 Å². The SMILES string of the molecule is CC(N)CN=C1NC=C[C@](C)([C@@H](N)/C=C(\C(C)C)N(C)C[C@H](C)I)N1. The Hall–Kier alpha value is -0.800. The van der Waals surface area contributed by atoms with Crippen LogP contribution >= 0.6 is 22.6 Å². The van der Waals surface area contributed by atoms with Crippen LogP contribution in [0.2, 0.25) is 0 Å². The van der Waals surface area contributed by atoms with Crippen LogP contribution < -0.4 is 22.1 Å². The van der Waals surface area contributed by atoms with Crippen molar-refractivity contribution in [1.82, 2.24) is 15.5 Å². The predicted molar refractivity (Wildman–Crippen MR) is 117 cm³/mol. The molecule has 0 aromatic rings. The van der Waals surface area contributed by atoms with E-state index in [9.17, 15) is 0 Å². The molecule has 0 fully saturated rings. The zero-order valence-corrected chi connectivity index (χ0v) is 18.5. The first kappa shape index (κ1) is 22.2. The normalized spacial score (nSPS) is 26.2. The highest BCUT2D eigenvalue weighted by atomic mass is 127. The molecule has 4 atom stereocenters. The number of nitrogens with one attached hydrogen (secondary N) is 2. The molecule has 1 unspecified atom stereocenters. The third kappa shape index (κ3) is 7.15. The van der Waals surface area contributed by atoms with Gasteiger partial charge in [0, 0.05) is 35.5 Å². The zero-order chi connectivity index (χ0) is 19.2. The molecular formula is C18H35IN6. The molecule has 0 amide bonds. The lowest BCUT2D eigenvalue weighted by atomic mass is 9.89. The first-order valence-electron chi connectivity index (χ1n) is 8.90. The molecule has 1 heterocycles. The summed E-state index contributed by atoms with van der Waals surface area (Å²) in [5.74, 6) is 1.12. The van der Waals surface area contributed by atoms with Gasteiger partial charge in [-0.05, 0) is 31.9 Å². The van der Waals surface area contributed by atoms with Crippen molar-refractivity contribution in [2.24, 2.45) is 22.4 Å². The lowest BCUT2D eigenvalue weighted by molar-refractivity contribution is 0.369. The Labute approximate surface area is 166 Å². The Kier molecular flexibility index (Phi) is 8.70. The summed E-state index contributed by atoms with van der Waals surface area (Å²) in [6, 6.07) is -0.158. The number of allylic oxidation sites excluding steroid dienone is 1. The van der Waals surface area contributed by atoms with Crippen molar-refractivity contribution >= 4 is 28.6 Å². The summed E-state index contributed by atoms with van der Waals surface area (Å²) in [6.07, 6.45) is 6.13. The number of aliphatic imine (C=N–C) groups is 1. The Morgan fingerprint density at radius 2 is 2.00 bits per heavy atom. The monoisotopic (exact) mass is 462 g/mol. The van der Waals surface area contributed by atoms with E-state index < -0.39 is 5.54 Å². The minimum absolute atomic E-state index is 0.0262. The molecule has 144 valence electrons. The summed E-state index contributed by atoms with van der Waals surface area (Å²) in [6.45, 7) is 12.2. The van der Waals surface area contributed by atoms with Crippen LogP contribution in [-0.2, 0) is 0 Å². The van der Waals surface area contributed by atoms with E-state index in [0.29, 0.717) is 22.3 Å². The van der Waals surface area contributed by atoms with Crippen molar-refractivity contribution in [2.45, 2.75) is 56.2 Å². The van der Waals surface area contributed by atoms with E-state index >= 15 is 0 Å². The number of nitrogens with zero attached hydrogens (tertiary/aromatic N) is 2. The fourth-order valence-corrected chi connectivity index (χ4v) is 3.33. The molecule has 0 saturated carbocycles. The van der Waals surface area contributed by atoms with Crippen molar-refractivity contribution in [2.75, 3.05) is 20.1 Å². The quantitative estimate of drug-likeness (QED) is 0.326. The summed E-state index contributed by atoms with van der Waals surface area (Å²) in [4.78, 5) is 6.79. The van der Waals surface area contributed by atoms with Crippen LogP contribution in [0, 0.1) is 5.92 Å². The summed E-state index contributed by atoms with van der Waals surface area (Å²) in [7, 11) is 2.14. The van der Waals surface area contributed by atoms with Crippen LogP contribution in [0.1, 0.15) is 34.6 Å². The molecule has 0 aliphatic carbocycles. The fraction of sp³-hybridized carbons (Fsp3) is 0.722. The number of guanidine groups is 1. The molecule has 1 rings (SSSR count). The van der Waals surface area contributed by atoms with E-state index in [2.05, 4.69) is 90.0 Å². The van der Waals surface area contributed by atoms with Crippen molar-refractivity contribution in [3.05, 3.63) is 24.0 Å². The number of hydrogen-bond acceptors (Lipinski definition) is 4. The Balaban J connectivity index is 2.97. The van der Waals surface area contributed by atoms with E-state index in [4.69, 9.17) is 11.5 Å². The van der Waals surface area contributed by atoms with Crippen LogP contribution in [0.15, 0.2) is 29.0 Å². The summed E-state index contributed by atoms with van der Waals surface area (Å²) >= 11 is 2.45. The number of hydrogen-bond donors (Lipinski definition) is 4. The lowest BCUT2D eigenvalue weighted by Gasteiger charge is -2.37. The number of halogens is 1. The number of alkyl halides is 1. The molecule has 0 spiro atoms. The molecule has 0 aromatic carbocycles. The highest BCUT2D eigenvalue weighted by Crippen LogP contribution is 2.21. The highest BCUT2D eigenvalue weighted by molar-refractivity contribution is 14.1. The summed E-state index contributed by atoms with van der Waals surface area (Å²) in [5, 5.41) is 6.54. The van der Waals surface area contributed by atoms with Crippen LogP contribution in [-0.4, -0.2) is 52.5 Å². The fourth-order valence-electron chi connectivity index (χ4n) is 2.74. The average Bonchev–Trinajstić information content (AvgIpc) is 2.49. The van der Waals surface area contributed by atoms with Crippen molar-refractivity contribution in [3.63, 3.8) is 0 Å². The maximum absolute atomic E-state index is 6.58. The van der Waals surface area contributed by atoms with Gasteiger partial charge in [0.05, 0.1) is 18.1 Å². The second-order valence-corrected chi connectivity index (χ2v) is 9.61. The van der Waals surface area contributed by atoms with Crippen molar-refractivity contribution in [3.8, 4) is 0 Å². The Bertz CT molecular complexity index is 512. The van der Waals surface area contributed by atoms with Gasteiger partial charge < -0.3 is 27.0 Å². The maximum Gasteiger partial charge on any atom is 0.196 e. The Morgan fingerprint density at radius 3 is 2.52 bits per heavy atom. The van der Waals surface area contributed by atoms with Gasteiger partial charge in [0.1, 0.15) is 0 Å². The van der Waals surface area contributed by atoms with Gasteiger partial charge in [-0.15, -0.1) is 0 Å². The van der Waals surface area contributed by atoms with Gasteiger partial charge in [0.25, 0.3) is 0 Å². The van der Waals surface area contributed by atoms with Crippen LogP contribution in [0.25, 0.3) is 0 Å². The predicted octanol–water partition coefficient (Wildman–Crippen LogP) is 1.78. The molecule has 6 N–H and O–H groups in total. The standard InChI is InChI=1S/C18H35IN6/c1-12(2)15(25(6)11-13(3)19)9-16(21)18(5)7-8-22-17(24-18)23-10-14(4)20/h7-9,12-14,16H,10-11,20-21H2,1-6H3,(H2,22,23,24)/b15-9+/t13-,14?,16-,18+/m0/s1. The smallest absolute Gasteiger partial charge is 0.196 e. The molecule has 0 bridgehead atoms. The molecule has 25 heavy (non-hydrogen) atoms. The first-order chi connectivity index (χ1) is 11.5. The van der Waals surface area contributed by atoms with E-state index in [0.717, 1.165) is 6.54 Å². The first-order valence-corrected chi connectivity index (χ1v) is 10.1. The lowest BCUT2D eigenvalue weighted by Crippen LogP contribution is -2.61. The van der Waals surface area contributed by atoms with Gasteiger partial charge in [-0.1, -0.05) is 43.4 Å². The zero-order valence-electron chi connectivity index (χ0n) is 16.4. The molecule has 1 aliphatic heterocycles. The number of rotatable bonds is 8.